The number of tetrazole rings is 1. The number of carbonyl (C=O) groups excluding carboxylic acids is 2. The maximum Gasteiger partial charge on any atom is 0.339 e. The molecule has 1 amide bonds. The fourth-order valence-corrected chi connectivity index (χ4v) is 3.62. The van der Waals surface area contributed by atoms with Crippen molar-refractivity contribution in [2.24, 2.45) is 0 Å². The van der Waals surface area contributed by atoms with Gasteiger partial charge in [-0.2, -0.15) is 5.26 Å². The number of benzene rings is 2. The molecule has 0 bridgehead atoms. The summed E-state index contributed by atoms with van der Waals surface area (Å²) in [4.78, 5) is 25.6. The Morgan fingerprint density at radius 1 is 1.22 bits per heavy atom. The molecule has 0 aliphatic rings. The molecule has 0 aliphatic carbocycles. The number of unbranched alkanes of at least 4 members (excludes halogenated alkanes) is 1. The summed E-state index contributed by atoms with van der Waals surface area (Å²) < 4.78 is 7.04. The van der Waals surface area contributed by atoms with Gasteiger partial charge in [0.2, 0.25) is 5.91 Å². The minimum absolute atomic E-state index is 0.0374. The fraction of sp³-hybridized carbons (Fsp3) is 0.273. The Morgan fingerprint density at radius 2 is 2.06 bits per heavy atom. The van der Waals surface area contributed by atoms with Gasteiger partial charge in [-0.05, 0) is 47.2 Å². The van der Waals surface area contributed by atoms with Crippen molar-refractivity contribution in [3.8, 4) is 6.07 Å². The van der Waals surface area contributed by atoms with Gasteiger partial charge in [0.15, 0.2) is 12.4 Å². The molecule has 0 radical (unpaired) electrons. The molecule has 32 heavy (non-hydrogen) atoms. The highest BCUT2D eigenvalue weighted by atomic mass is 32.2. The van der Waals surface area contributed by atoms with Crippen molar-refractivity contribution in [1.29, 1.82) is 5.26 Å². The first-order valence-electron chi connectivity index (χ1n) is 10.0. The predicted molar refractivity (Wildman–Crippen MR) is 119 cm³/mol. The minimum atomic E-state index is -0.514. The number of carbonyl (C=O) groups is 2. The predicted octanol–water partition coefficient (Wildman–Crippen LogP) is 3.43. The lowest BCUT2D eigenvalue weighted by atomic mass is 10.2. The molecule has 3 aromatic rings. The van der Waals surface area contributed by atoms with Crippen LogP contribution in [-0.2, 0) is 22.7 Å². The topological polar surface area (TPSA) is 123 Å². The fourth-order valence-electron chi connectivity index (χ4n) is 2.78. The van der Waals surface area contributed by atoms with Crippen molar-refractivity contribution >= 4 is 29.3 Å². The lowest BCUT2D eigenvalue weighted by Crippen LogP contribution is -2.15. The normalized spacial score (nSPS) is 10.4. The van der Waals surface area contributed by atoms with Crippen molar-refractivity contribution in [2.45, 2.75) is 37.8 Å². The third kappa shape index (κ3) is 6.39. The second kappa shape index (κ2) is 11.6. The van der Waals surface area contributed by atoms with E-state index in [9.17, 15) is 9.59 Å². The Bertz CT molecular complexity index is 1120. The Labute approximate surface area is 189 Å². The van der Waals surface area contributed by atoms with Crippen LogP contribution in [0, 0.1) is 11.3 Å². The monoisotopic (exact) mass is 450 g/mol. The second-order valence-corrected chi connectivity index (χ2v) is 7.79. The summed E-state index contributed by atoms with van der Waals surface area (Å²) in [7, 11) is 0. The zero-order chi connectivity index (χ0) is 22.8. The number of aryl methyl sites for hydroxylation is 1. The summed E-state index contributed by atoms with van der Waals surface area (Å²) in [6.45, 7) is 2.70. The molecule has 1 N–H and O–H groups in total. The van der Waals surface area contributed by atoms with Crippen LogP contribution in [0.4, 0.5) is 5.69 Å². The van der Waals surface area contributed by atoms with Crippen LogP contribution in [0.15, 0.2) is 53.4 Å². The zero-order valence-corrected chi connectivity index (χ0v) is 18.3. The average Bonchev–Trinajstić information content (AvgIpc) is 3.27. The minimum Gasteiger partial charge on any atom is -0.454 e. The number of anilines is 1. The van der Waals surface area contributed by atoms with Gasteiger partial charge in [-0.15, -0.1) is 16.9 Å². The molecule has 1 heterocycles. The maximum atomic E-state index is 12.6. The SMILES string of the molecule is CCCCn1nnnc1COC(=O)c1ccccc1SCC(=O)Nc1cccc(C#N)c1. The number of amides is 1. The third-order valence-corrected chi connectivity index (χ3v) is 5.48. The van der Waals surface area contributed by atoms with Crippen LogP contribution in [0.2, 0.25) is 0 Å². The van der Waals surface area contributed by atoms with Crippen LogP contribution in [-0.4, -0.2) is 37.8 Å². The number of nitrogens with zero attached hydrogens (tertiary/aromatic N) is 5. The average molecular weight is 451 g/mol. The zero-order valence-electron chi connectivity index (χ0n) is 17.5. The number of aromatic nitrogens is 4. The number of ether oxygens (including phenoxy) is 1. The highest BCUT2D eigenvalue weighted by Gasteiger charge is 2.16. The number of hydrogen-bond acceptors (Lipinski definition) is 8. The summed E-state index contributed by atoms with van der Waals surface area (Å²) in [5, 5.41) is 23.2. The lowest BCUT2D eigenvalue weighted by Gasteiger charge is -2.10. The number of hydrogen-bond donors (Lipinski definition) is 1. The Hall–Kier alpha value is -3.71. The van der Waals surface area contributed by atoms with Crippen LogP contribution >= 0.6 is 11.8 Å². The van der Waals surface area contributed by atoms with Gasteiger partial charge in [0.1, 0.15) is 0 Å². The van der Waals surface area contributed by atoms with Gasteiger partial charge >= 0.3 is 5.97 Å². The van der Waals surface area contributed by atoms with Gasteiger partial charge < -0.3 is 10.1 Å². The van der Waals surface area contributed by atoms with Gasteiger partial charge in [-0.1, -0.05) is 31.5 Å². The molecule has 1 aromatic heterocycles. The molecule has 0 aliphatic heterocycles. The van der Waals surface area contributed by atoms with Crippen LogP contribution in [0.25, 0.3) is 0 Å². The van der Waals surface area contributed by atoms with E-state index in [-0.39, 0.29) is 18.3 Å². The molecule has 0 fully saturated rings. The molecule has 0 saturated carbocycles. The standard InChI is InChI=1S/C22H22N6O3S/c1-2-3-11-28-20(25-26-27-28)14-31-22(30)18-9-4-5-10-19(18)32-15-21(29)24-17-8-6-7-16(12-17)13-23/h4-10,12H,2-3,11,14-15H2,1H3,(H,24,29). The molecule has 164 valence electrons. The van der Waals surface area contributed by atoms with E-state index >= 15 is 0 Å². The van der Waals surface area contributed by atoms with Gasteiger partial charge in [0.05, 0.1) is 22.9 Å². The van der Waals surface area contributed by atoms with Gasteiger partial charge in [0.25, 0.3) is 0 Å². The first-order valence-corrected chi connectivity index (χ1v) is 11.0. The third-order valence-electron chi connectivity index (χ3n) is 4.40. The number of nitrogens with one attached hydrogen (secondary N) is 1. The molecule has 10 heteroatoms. The van der Waals surface area contributed by atoms with Gasteiger partial charge in [0, 0.05) is 17.1 Å². The van der Waals surface area contributed by atoms with E-state index in [0.717, 1.165) is 12.8 Å². The van der Waals surface area contributed by atoms with E-state index in [4.69, 9.17) is 10.00 Å². The number of rotatable bonds is 10. The van der Waals surface area contributed by atoms with E-state index < -0.39 is 5.97 Å². The molecular weight excluding hydrogens is 428 g/mol. The molecule has 0 spiro atoms. The summed E-state index contributed by atoms with van der Waals surface area (Å²) in [5.41, 5.74) is 1.37. The van der Waals surface area contributed by atoms with Crippen molar-refractivity contribution in [1.82, 2.24) is 20.2 Å². The summed E-state index contributed by atoms with van der Waals surface area (Å²) >= 11 is 1.23. The van der Waals surface area contributed by atoms with Crippen molar-refractivity contribution < 1.29 is 14.3 Å². The highest BCUT2D eigenvalue weighted by molar-refractivity contribution is 8.00. The van der Waals surface area contributed by atoms with E-state index in [1.54, 1.807) is 53.2 Å². The quantitative estimate of drug-likeness (QED) is 0.368. The second-order valence-electron chi connectivity index (χ2n) is 6.77. The van der Waals surface area contributed by atoms with E-state index in [1.165, 1.54) is 11.8 Å². The van der Waals surface area contributed by atoms with Crippen LogP contribution < -0.4 is 5.32 Å². The van der Waals surface area contributed by atoms with Crippen LogP contribution in [0.3, 0.4) is 0 Å². The lowest BCUT2D eigenvalue weighted by molar-refractivity contribution is -0.113. The highest BCUT2D eigenvalue weighted by Crippen LogP contribution is 2.24. The summed E-state index contributed by atoms with van der Waals surface area (Å²) in [6.07, 6.45) is 1.93. The molecule has 3 rings (SSSR count). The Kier molecular flexibility index (Phi) is 8.34. The summed E-state index contributed by atoms with van der Waals surface area (Å²) in [5.74, 6) is -0.185. The smallest absolute Gasteiger partial charge is 0.339 e. The van der Waals surface area contributed by atoms with E-state index in [1.807, 2.05) is 6.07 Å². The van der Waals surface area contributed by atoms with Crippen molar-refractivity contribution in [2.75, 3.05) is 11.1 Å². The Balaban J connectivity index is 1.58. The molecule has 0 saturated heterocycles. The first-order chi connectivity index (χ1) is 15.6. The molecule has 0 atom stereocenters. The van der Waals surface area contributed by atoms with Crippen LogP contribution in [0.5, 0.6) is 0 Å². The van der Waals surface area contributed by atoms with Crippen molar-refractivity contribution in [3.63, 3.8) is 0 Å². The molecule has 0 unspecified atom stereocenters. The van der Waals surface area contributed by atoms with Crippen molar-refractivity contribution in [3.05, 3.63) is 65.5 Å². The summed E-state index contributed by atoms with van der Waals surface area (Å²) in [6, 6.07) is 15.6. The molecule has 9 nitrogen and oxygen atoms in total. The van der Waals surface area contributed by atoms with E-state index in [0.29, 0.717) is 34.1 Å². The van der Waals surface area contributed by atoms with Gasteiger partial charge in [-0.25, -0.2) is 9.48 Å². The van der Waals surface area contributed by atoms with Crippen LogP contribution in [0.1, 0.15) is 41.5 Å². The molecular formula is C22H22N6O3S. The van der Waals surface area contributed by atoms with Gasteiger partial charge in [-0.3, -0.25) is 4.79 Å². The Morgan fingerprint density at radius 3 is 2.88 bits per heavy atom. The largest absolute Gasteiger partial charge is 0.454 e. The number of thioether (sulfide) groups is 1. The number of nitriles is 1. The van der Waals surface area contributed by atoms with E-state index in [2.05, 4.69) is 27.8 Å². The maximum absolute atomic E-state index is 12.6. The number of esters is 1. The molecule has 2 aromatic carbocycles. The first kappa shape index (κ1) is 23.0.